The van der Waals surface area contributed by atoms with E-state index in [2.05, 4.69) is 15.3 Å². The van der Waals surface area contributed by atoms with Crippen molar-refractivity contribution in [2.24, 2.45) is 0 Å². The van der Waals surface area contributed by atoms with Gasteiger partial charge in [0.15, 0.2) is 0 Å². The molecule has 2 rings (SSSR count). The fourth-order valence-corrected chi connectivity index (χ4v) is 2.28. The Morgan fingerprint density at radius 3 is 3.00 bits per heavy atom. The molecular formula is C9H9N3O3S. The number of aromatic nitrogens is 2. The van der Waals surface area contributed by atoms with E-state index < -0.39 is 17.5 Å². The van der Waals surface area contributed by atoms with Crippen LogP contribution in [-0.4, -0.2) is 32.8 Å². The molecule has 0 saturated carbocycles. The Hall–Kier alpha value is -1.63. The highest BCUT2D eigenvalue weighted by Gasteiger charge is 2.27. The van der Waals surface area contributed by atoms with E-state index in [0.717, 1.165) is 12.4 Å². The number of hydrogen-bond acceptors (Lipinski definition) is 5. The molecule has 6 nitrogen and oxygen atoms in total. The topological polar surface area (TPSA) is 91.9 Å². The molecule has 1 aliphatic rings. The summed E-state index contributed by atoms with van der Waals surface area (Å²) in [7, 11) is 0. The van der Waals surface area contributed by atoms with Gasteiger partial charge < -0.3 is 10.3 Å². The summed E-state index contributed by atoms with van der Waals surface area (Å²) < 4.78 is 0. The number of aromatic amines is 1. The van der Waals surface area contributed by atoms with Crippen molar-refractivity contribution in [3.63, 3.8) is 0 Å². The quantitative estimate of drug-likeness (QED) is 0.728. The Kier molecular flexibility index (Phi) is 3.04. The van der Waals surface area contributed by atoms with Gasteiger partial charge in [-0.05, 0) is 6.42 Å². The second kappa shape index (κ2) is 4.48. The fraction of sp³-hybridized carbons (Fsp3) is 0.333. The van der Waals surface area contributed by atoms with Crippen LogP contribution < -0.4 is 10.9 Å². The molecule has 1 aromatic rings. The first-order valence-corrected chi connectivity index (χ1v) is 5.67. The van der Waals surface area contributed by atoms with Gasteiger partial charge in [0, 0.05) is 11.8 Å². The number of H-pyrrole nitrogens is 1. The molecule has 0 aliphatic carbocycles. The number of hydrogen-bond donors (Lipinski definition) is 2. The first-order chi connectivity index (χ1) is 7.66. The van der Waals surface area contributed by atoms with E-state index in [4.69, 9.17) is 0 Å². The van der Waals surface area contributed by atoms with Crippen molar-refractivity contribution in [1.82, 2.24) is 15.3 Å². The molecule has 2 N–H and O–H groups in total. The van der Waals surface area contributed by atoms with Crippen molar-refractivity contribution in [1.29, 1.82) is 0 Å². The Bertz CT molecular complexity index is 485. The number of carbonyl (C=O) groups is 2. The summed E-state index contributed by atoms with van der Waals surface area (Å²) in [5, 5.41) is 2.50. The molecule has 1 aromatic heterocycles. The van der Waals surface area contributed by atoms with E-state index in [1.54, 1.807) is 0 Å². The van der Waals surface area contributed by atoms with Gasteiger partial charge in [-0.25, -0.2) is 4.98 Å². The zero-order chi connectivity index (χ0) is 11.5. The van der Waals surface area contributed by atoms with Crippen molar-refractivity contribution in [3.05, 3.63) is 28.4 Å². The molecule has 1 saturated heterocycles. The highest BCUT2D eigenvalue weighted by atomic mass is 32.2. The lowest BCUT2D eigenvalue weighted by atomic mass is 10.2. The van der Waals surface area contributed by atoms with Crippen LogP contribution in [-0.2, 0) is 4.79 Å². The predicted molar refractivity (Wildman–Crippen MR) is 58.2 cm³/mol. The molecule has 1 aliphatic heterocycles. The van der Waals surface area contributed by atoms with Crippen LogP contribution in [0.15, 0.2) is 17.2 Å². The summed E-state index contributed by atoms with van der Waals surface area (Å²) in [5.41, 5.74) is -0.374. The summed E-state index contributed by atoms with van der Waals surface area (Å²) in [4.78, 5) is 39.9. The van der Waals surface area contributed by atoms with Crippen LogP contribution in [0.25, 0.3) is 0 Å². The molecule has 16 heavy (non-hydrogen) atoms. The van der Waals surface area contributed by atoms with Crippen molar-refractivity contribution < 1.29 is 9.59 Å². The molecule has 7 heteroatoms. The predicted octanol–water partition coefficient (Wildman–Crippen LogP) is -0.468. The van der Waals surface area contributed by atoms with Gasteiger partial charge in [0.2, 0.25) is 5.12 Å². The van der Waals surface area contributed by atoms with Gasteiger partial charge in [0.25, 0.3) is 11.5 Å². The number of rotatable bonds is 2. The van der Waals surface area contributed by atoms with Crippen LogP contribution >= 0.6 is 11.8 Å². The normalized spacial score (nSPS) is 19.8. The minimum Gasteiger partial charge on any atom is -0.340 e. The molecule has 84 valence electrons. The average molecular weight is 239 g/mol. The van der Waals surface area contributed by atoms with Crippen molar-refractivity contribution in [3.8, 4) is 0 Å². The number of carbonyl (C=O) groups excluding carboxylic acids is 2. The average Bonchev–Trinajstić information content (AvgIpc) is 2.64. The minimum atomic E-state index is -0.494. The van der Waals surface area contributed by atoms with Gasteiger partial charge in [-0.15, -0.1) is 0 Å². The maximum absolute atomic E-state index is 11.6. The molecule has 0 aromatic carbocycles. The molecular weight excluding hydrogens is 230 g/mol. The van der Waals surface area contributed by atoms with Crippen LogP contribution in [0, 0.1) is 0 Å². The summed E-state index contributed by atoms with van der Waals surface area (Å²) >= 11 is 1.20. The lowest BCUT2D eigenvalue weighted by molar-refractivity contribution is -0.112. The lowest BCUT2D eigenvalue weighted by Crippen LogP contribution is -2.38. The molecule has 1 unspecified atom stereocenters. The second-order valence-electron chi connectivity index (χ2n) is 3.28. The van der Waals surface area contributed by atoms with Crippen LogP contribution in [0.5, 0.6) is 0 Å². The highest BCUT2D eigenvalue weighted by Crippen LogP contribution is 2.19. The van der Waals surface area contributed by atoms with E-state index in [1.807, 2.05) is 0 Å². The standard InChI is InChI=1S/C9H9N3O3S/c13-7-3-6(10-4-11-7)8(14)12-5-1-2-16-9(5)15/h3-5H,1-2H2,(H,12,14)(H,10,11,13). The van der Waals surface area contributed by atoms with Crippen LogP contribution in [0.3, 0.4) is 0 Å². The van der Waals surface area contributed by atoms with Gasteiger partial charge in [-0.1, -0.05) is 11.8 Å². The molecule has 0 spiro atoms. The molecule has 0 radical (unpaired) electrons. The van der Waals surface area contributed by atoms with Crippen molar-refractivity contribution in [2.45, 2.75) is 12.5 Å². The summed E-state index contributed by atoms with van der Waals surface area (Å²) in [6, 6.07) is 0.639. The highest BCUT2D eigenvalue weighted by molar-refractivity contribution is 8.14. The van der Waals surface area contributed by atoms with Crippen molar-refractivity contribution in [2.75, 3.05) is 5.75 Å². The van der Waals surface area contributed by atoms with Gasteiger partial charge in [-0.3, -0.25) is 14.4 Å². The first kappa shape index (κ1) is 10.9. The third-order valence-electron chi connectivity index (χ3n) is 2.15. The third kappa shape index (κ3) is 2.30. The van der Waals surface area contributed by atoms with Gasteiger partial charge >= 0.3 is 0 Å². The van der Waals surface area contributed by atoms with Crippen LogP contribution in [0.4, 0.5) is 0 Å². The summed E-state index contributed by atoms with van der Waals surface area (Å²) in [5.74, 6) is 0.221. The van der Waals surface area contributed by atoms with Gasteiger partial charge in [0.05, 0.1) is 12.4 Å². The largest absolute Gasteiger partial charge is 0.340 e. The summed E-state index contributed by atoms with van der Waals surface area (Å²) in [6.45, 7) is 0. The third-order valence-corrected chi connectivity index (χ3v) is 3.16. The minimum absolute atomic E-state index is 0.0217. The maximum Gasteiger partial charge on any atom is 0.270 e. The van der Waals surface area contributed by atoms with E-state index in [0.29, 0.717) is 12.2 Å². The zero-order valence-corrected chi connectivity index (χ0v) is 9.04. The van der Waals surface area contributed by atoms with E-state index in [9.17, 15) is 14.4 Å². The molecule has 0 bridgehead atoms. The van der Waals surface area contributed by atoms with Crippen molar-refractivity contribution >= 4 is 22.8 Å². The SMILES string of the molecule is O=C(NC1CCSC1=O)c1cc(=O)[nH]cn1. The fourth-order valence-electron chi connectivity index (χ4n) is 1.35. The van der Waals surface area contributed by atoms with Gasteiger partial charge in [0.1, 0.15) is 5.69 Å². The smallest absolute Gasteiger partial charge is 0.270 e. The monoisotopic (exact) mass is 239 g/mol. The number of nitrogens with one attached hydrogen (secondary N) is 2. The molecule has 1 amide bonds. The number of thioether (sulfide) groups is 1. The maximum atomic E-state index is 11.6. The Morgan fingerprint density at radius 2 is 2.38 bits per heavy atom. The van der Waals surface area contributed by atoms with Crippen LogP contribution in [0.1, 0.15) is 16.9 Å². The Labute approximate surface area is 94.8 Å². The van der Waals surface area contributed by atoms with E-state index in [1.165, 1.54) is 11.8 Å². The van der Waals surface area contributed by atoms with E-state index >= 15 is 0 Å². The summed E-state index contributed by atoms with van der Waals surface area (Å²) in [6.07, 6.45) is 1.78. The lowest BCUT2D eigenvalue weighted by Gasteiger charge is -2.08. The molecule has 1 fully saturated rings. The molecule has 2 heterocycles. The number of amides is 1. The Morgan fingerprint density at radius 1 is 1.56 bits per heavy atom. The zero-order valence-electron chi connectivity index (χ0n) is 8.23. The second-order valence-corrected chi connectivity index (χ2v) is 4.38. The number of nitrogens with zero attached hydrogens (tertiary/aromatic N) is 1. The molecule has 1 atom stereocenters. The Balaban J connectivity index is 2.08. The van der Waals surface area contributed by atoms with Crippen LogP contribution in [0.2, 0.25) is 0 Å². The van der Waals surface area contributed by atoms with Gasteiger partial charge in [-0.2, -0.15) is 0 Å². The first-order valence-electron chi connectivity index (χ1n) is 4.69. The van der Waals surface area contributed by atoms with E-state index in [-0.39, 0.29) is 10.8 Å².